The van der Waals surface area contributed by atoms with E-state index in [1.54, 1.807) is 6.07 Å². The van der Waals surface area contributed by atoms with Crippen molar-refractivity contribution < 1.29 is 14.7 Å². The minimum atomic E-state index is -1.04. The first kappa shape index (κ1) is 15.5. The summed E-state index contributed by atoms with van der Waals surface area (Å²) in [6.45, 7) is 3.45. The maximum atomic E-state index is 12.0. The Morgan fingerprint density at radius 3 is 2.63 bits per heavy atom. The van der Waals surface area contributed by atoms with Gasteiger partial charge in [0.05, 0.1) is 0 Å². The van der Waals surface area contributed by atoms with Crippen LogP contribution in [0.1, 0.15) is 19.4 Å². The van der Waals surface area contributed by atoms with E-state index in [0.717, 1.165) is 21.4 Å². The first-order chi connectivity index (χ1) is 8.86. The summed E-state index contributed by atoms with van der Waals surface area (Å²) in [4.78, 5) is 23.9. The Labute approximate surface area is 120 Å². The van der Waals surface area contributed by atoms with E-state index in [2.05, 4.69) is 21.2 Å². The molecule has 0 aliphatic heterocycles. The largest absolute Gasteiger partial charge is 0.480 e. The van der Waals surface area contributed by atoms with Crippen molar-refractivity contribution in [3.63, 3.8) is 0 Å². The second-order valence-corrected chi connectivity index (χ2v) is 5.13. The number of carboxylic acids is 1. The van der Waals surface area contributed by atoms with Crippen LogP contribution in [0.5, 0.6) is 0 Å². The maximum absolute atomic E-state index is 12.0. The van der Waals surface area contributed by atoms with E-state index in [1.165, 1.54) is 14.0 Å². The zero-order valence-electron chi connectivity index (χ0n) is 11.1. The SMILES string of the molecule is CCc1cc(Br)ccc1NC(=O)N(C)C(C)C(=O)O. The summed E-state index contributed by atoms with van der Waals surface area (Å²) in [6.07, 6.45) is 0.771. The summed E-state index contributed by atoms with van der Waals surface area (Å²) in [6, 6.07) is 4.23. The lowest BCUT2D eigenvalue weighted by molar-refractivity contribution is -0.141. The lowest BCUT2D eigenvalue weighted by Gasteiger charge is -2.22. The predicted octanol–water partition coefficient (Wildman–Crippen LogP) is 2.95. The third kappa shape index (κ3) is 3.96. The van der Waals surface area contributed by atoms with Crippen LogP contribution >= 0.6 is 15.9 Å². The molecule has 2 amide bonds. The number of amides is 2. The lowest BCUT2D eigenvalue weighted by Crippen LogP contribution is -2.42. The van der Waals surface area contributed by atoms with Crippen molar-refractivity contribution in [2.24, 2.45) is 0 Å². The fourth-order valence-electron chi connectivity index (χ4n) is 1.52. The van der Waals surface area contributed by atoms with Crippen LogP contribution in [0.3, 0.4) is 0 Å². The van der Waals surface area contributed by atoms with E-state index in [9.17, 15) is 9.59 Å². The van der Waals surface area contributed by atoms with Crippen molar-refractivity contribution in [3.8, 4) is 0 Å². The van der Waals surface area contributed by atoms with Gasteiger partial charge in [0.15, 0.2) is 0 Å². The maximum Gasteiger partial charge on any atom is 0.326 e. The van der Waals surface area contributed by atoms with Crippen molar-refractivity contribution in [1.29, 1.82) is 0 Å². The number of carbonyl (C=O) groups excluding carboxylic acids is 1. The van der Waals surface area contributed by atoms with Crippen LogP contribution in [0, 0.1) is 0 Å². The highest BCUT2D eigenvalue weighted by molar-refractivity contribution is 9.10. The van der Waals surface area contributed by atoms with Gasteiger partial charge in [-0.2, -0.15) is 0 Å². The Morgan fingerprint density at radius 1 is 1.47 bits per heavy atom. The topological polar surface area (TPSA) is 69.6 Å². The molecule has 1 aromatic rings. The van der Waals surface area contributed by atoms with Gasteiger partial charge in [-0.25, -0.2) is 9.59 Å². The molecule has 0 saturated carbocycles. The average Bonchev–Trinajstić information content (AvgIpc) is 2.38. The van der Waals surface area contributed by atoms with Gasteiger partial charge in [0.2, 0.25) is 0 Å². The molecule has 1 rings (SSSR count). The van der Waals surface area contributed by atoms with Gasteiger partial charge in [0.25, 0.3) is 0 Å². The normalized spacial score (nSPS) is 11.8. The van der Waals surface area contributed by atoms with Gasteiger partial charge in [-0.3, -0.25) is 0 Å². The Hall–Kier alpha value is -1.56. The van der Waals surface area contributed by atoms with Crippen LogP contribution in [0.15, 0.2) is 22.7 Å². The molecular weight excluding hydrogens is 312 g/mol. The molecule has 0 saturated heterocycles. The highest BCUT2D eigenvalue weighted by Crippen LogP contribution is 2.22. The Bertz CT molecular complexity index is 491. The standard InChI is InChI=1S/C13H17BrN2O3/c1-4-9-7-10(14)5-6-11(9)15-13(19)16(3)8(2)12(17)18/h5-8H,4H2,1-3H3,(H,15,19)(H,17,18). The number of nitrogens with zero attached hydrogens (tertiary/aromatic N) is 1. The number of carboxylic acid groups (broad SMARTS) is 1. The third-order valence-electron chi connectivity index (χ3n) is 2.95. The number of rotatable bonds is 4. The average molecular weight is 329 g/mol. The summed E-state index contributed by atoms with van der Waals surface area (Å²) in [5.74, 6) is -1.04. The molecule has 104 valence electrons. The molecule has 5 nitrogen and oxygen atoms in total. The number of aryl methyl sites for hydroxylation is 1. The molecule has 1 aromatic carbocycles. The number of hydrogen-bond acceptors (Lipinski definition) is 2. The third-order valence-corrected chi connectivity index (χ3v) is 3.44. The number of hydrogen-bond donors (Lipinski definition) is 2. The molecule has 0 fully saturated rings. The van der Waals surface area contributed by atoms with E-state index in [-0.39, 0.29) is 0 Å². The van der Waals surface area contributed by atoms with E-state index >= 15 is 0 Å². The van der Waals surface area contributed by atoms with Gasteiger partial charge in [0, 0.05) is 17.2 Å². The van der Waals surface area contributed by atoms with E-state index < -0.39 is 18.0 Å². The van der Waals surface area contributed by atoms with Crippen molar-refractivity contribution in [2.75, 3.05) is 12.4 Å². The zero-order valence-corrected chi connectivity index (χ0v) is 12.7. The Morgan fingerprint density at radius 2 is 2.11 bits per heavy atom. The Balaban J connectivity index is 2.85. The first-order valence-corrected chi connectivity index (χ1v) is 6.71. The van der Waals surface area contributed by atoms with Gasteiger partial charge in [0.1, 0.15) is 6.04 Å². The molecule has 0 aliphatic carbocycles. The van der Waals surface area contributed by atoms with Crippen LogP contribution in [-0.4, -0.2) is 35.1 Å². The van der Waals surface area contributed by atoms with Crippen LogP contribution in [-0.2, 0) is 11.2 Å². The summed E-state index contributed by atoms with van der Waals surface area (Å²) < 4.78 is 0.939. The van der Waals surface area contributed by atoms with Gasteiger partial charge in [-0.1, -0.05) is 22.9 Å². The first-order valence-electron chi connectivity index (χ1n) is 5.91. The summed E-state index contributed by atoms with van der Waals surface area (Å²) in [5, 5.41) is 11.6. The van der Waals surface area contributed by atoms with Crippen molar-refractivity contribution in [2.45, 2.75) is 26.3 Å². The highest BCUT2D eigenvalue weighted by Gasteiger charge is 2.22. The van der Waals surface area contributed by atoms with E-state index in [0.29, 0.717) is 5.69 Å². The highest BCUT2D eigenvalue weighted by atomic mass is 79.9. The predicted molar refractivity (Wildman–Crippen MR) is 77.4 cm³/mol. The summed E-state index contributed by atoms with van der Waals surface area (Å²) >= 11 is 3.37. The van der Waals surface area contributed by atoms with Gasteiger partial charge in [-0.15, -0.1) is 0 Å². The minimum Gasteiger partial charge on any atom is -0.480 e. The summed E-state index contributed by atoms with van der Waals surface area (Å²) in [7, 11) is 1.46. The smallest absolute Gasteiger partial charge is 0.326 e. The van der Waals surface area contributed by atoms with E-state index in [4.69, 9.17) is 5.11 Å². The van der Waals surface area contributed by atoms with Crippen LogP contribution < -0.4 is 5.32 Å². The number of urea groups is 1. The number of likely N-dealkylation sites (N-methyl/N-ethyl adjacent to an activating group) is 1. The van der Waals surface area contributed by atoms with E-state index in [1.807, 2.05) is 19.1 Å². The zero-order chi connectivity index (χ0) is 14.6. The van der Waals surface area contributed by atoms with Crippen LogP contribution in [0.2, 0.25) is 0 Å². The van der Waals surface area contributed by atoms with Gasteiger partial charge < -0.3 is 15.3 Å². The molecular formula is C13H17BrN2O3. The number of nitrogens with one attached hydrogen (secondary N) is 1. The summed E-state index contributed by atoms with van der Waals surface area (Å²) in [5.41, 5.74) is 1.68. The molecule has 0 radical (unpaired) electrons. The molecule has 0 aromatic heterocycles. The monoisotopic (exact) mass is 328 g/mol. The van der Waals surface area contributed by atoms with Crippen LogP contribution in [0.25, 0.3) is 0 Å². The van der Waals surface area contributed by atoms with Crippen molar-refractivity contribution in [1.82, 2.24) is 4.90 Å². The molecule has 0 aliphatic rings. The second-order valence-electron chi connectivity index (χ2n) is 4.21. The molecule has 0 spiro atoms. The van der Waals surface area contributed by atoms with Gasteiger partial charge in [-0.05, 0) is 37.1 Å². The molecule has 1 unspecified atom stereocenters. The molecule has 6 heteroatoms. The number of halogens is 1. The molecule has 0 bridgehead atoms. The number of anilines is 1. The van der Waals surface area contributed by atoms with Crippen LogP contribution in [0.4, 0.5) is 10.5 Å². The number of benzene rings is 1. The molecule has 1 atom stereocenters. The quantitative estimate of drug-likeness (QED) is 0.892. The number of aliphatic carboxylic acids is 1. The van der Waals surface area contributed by atoms with Gasteiger partial charge >= 0.3 is 12.0 Å². The molecule has 0 heterocycles. The second kappa shape index (κ2) is 6.56. The molecule has 2 N–H and O–H groups in total. The Kier molecular flexibility index (Phi) is 5.35. The fourth-order valence-corrected chi connectivity index (χ4v) is 1.93. The lowest BCUT2D eigenvalue weighted by atomic mass is 10.1. The van der Waals surface area contributed by atoms with Crippen molar-refractivity contribution in [3.05, 3.63) is 28.2 Å². The van der Waals surface area contributed by atoms with Crippen molar-refractivity contribution >= 4 is 33.6 Å². The fraction of sp³-hybridized carbons (Fsp3) is 0.385. The minimum absolute atomic E-state index is 0.438. The molecule has 19 heavy (non-hydrogen) atoms. The number of carbonyl (C=O) groups is 2.